The van der Waals surface area contributed by atoms with Gasteiger partial charge in [-0.15, -0.1) is 0 Å². The van der Waals surface area contributed by atoms with Gasteiger partial charge in [0, 0.05) is 6.61 Å². The quantitative estimate of drug-likeness (QED) is 0.774. The topological polar surface area (TPSA) is 65.0 Å². The second-order valence-electron chi connectivity index (χ2n) is 3.34. The zero-order valence-corrected chi connectivity index (χ0v) is 11.0. The lowest BCUT2D eigenvalue weighted by Crippen LogP contribution is -2.08. The van der Waals surface area contributed by atoms with Crippen LogP contribution in [0.3, 0.4) is 0 Å². The van der Waals surface area contributed by atoms with Gasteiger partial charge in [0.05, 0.1) is 24.3 Å². The lowest BCUT2D eigenvalue weighted by molar-refractivity contribution is 0.0696. The first-order valence-corrected chi connectivity index (χ1v) is 5.79. The van der Waals surface area contributed by atoms with Crippen LogP contribution in [-0.2, 0) is 4.74 Å². The molecule has 0 aliphatic heterocycles. The van der Waals surface area contributed by atoms with E-state index in [1.165, 1.54) is 19.2 Å². The number of carbonyl (C=O) groups is 1. The highest BCUT2D eigenvalue weighted by molar-refractivity contribution is 6.32. The summed E-state index contributed by atoms with van der Waals surface area (Å²) in [5.74, 6) is -0.462. The van der Waals surface area contributed by atoms with Crippen LogP contribution in [0.4, 0.5) is 0 Å². The summed E-state index contributed by atoms with van der Waals surface area (Å²) in [5.41, 5.74) is 0.0500. The van der Waals surface area contributed by atoms with Crippen molar-refractivity contribution in [2.45, 2.75) is 6.92 Å². The van der Waals surface area contributed by atoms with Gasteiger partial charge in [0.2, 0.25) is 0 Å². The van der Waals surface area contributed by atoms with Crippen molar-refractivity contribution in [3.05, 3.63) is 22.7 Å². The summed E-state index contributed by atoms with van der Waals surface area (Å²) in [6, 6.07) is 2.69. The van der Waals surface area contributed by atoms with Gasteiger partial charge >= 0.3 is 5.97 Å². The van der Waals surface area contributed by atoms with Gasteiger partial charge in [-0.05, 0) is 19.1 Å². The number of carboxylic acids is 1. The number of ether oxygens (including phenoxy) is 3. The van der Waals surface area contributed by atoms with Crippen LogP contribution in [0, 0.1) is 0 Å². The van der Waals surface area contributed by atoms with E-state index >= 15 is 0 Å². The van der Waals surface area contributed by atoms with Crippen LogP contribution >= 0.6 is 11.6 Å². The Labute approximate surface area is 110 Å². The standard InChI is InChI=1S/C12H15ClO5/c1-3-17-4-5-18-11-9(13)6-8(12(14)15)7-10(11)16-2/h6-7H,3-5H2,1-2H3,(H,14,15). The van der Waals surface area contributed by atoms with Crippen LogP contribution in [0.25, 0.3) is 0 Å². The Bertz CT molecular complexity index is 419. The van der Waals surface area contributed by atoms with Gasteiger partial charge in [0.1, 0.15) is 6.61 Å². The Balaban J connectivity index is 2.86. The molecule has 0 saturated carbocycles. The third-order valence-corrected chi connectivity index (χ3v) is 2.44. The third-order valence-electron chi connectivity index (χ3n) is 2.15. The molecule has 1 aromatic rings. The molecule has 0 aliphatic carbocycles. The molecule has 0 heterocycles. The Morgan fingerprint density at radius 1 is 1.39 bits per heavy atom. The Morgan fingerprint density at radius 2 is 2.11 bits per heavy atom. The summed E-state index contributed by atoms with van der Waals surface area (Å²) < 4.78 is 15.6. The van der Waals surface area contributed by atoms with Gasteiger partial charge < -0.3 is 19.3 Å². The van der Waals surface area contributed by atoms with Crippen LogP contribution in [0.5, 0.6) is 11.5 Å². The van der Waals surface area contributed by atoms with Crippen molar-refractivity contribution in [2.24, 2.45) is 0 Å². The molecule has 0 spiro atoms. The molecule has 1 N–H and O–H groups in total. The van der Waals surface area contributed by atoms with Crippen molar-refractivity contribution in [1.29, 1.82) is 0 Å². The summed E-state index contributed by atoms with van der Waals surface area (Å²) in [6.45, 7) is 3.23. The SMILES string of the molecule is CCOCCOc1c(Cl)cc(C(=O)O)cc1OC. The molecule has 1 aromatic carbocycles. The maximum Gasteiger partial charge on any atom is 0.335 e. The molecule has 0 aromatic heterocycles. The molecule has 5 nitrogen and oxygen atoms in total. The average molecular weight is 275 g/mol. The fourth-order valence-electron chi connectivity index (χ4n) is 1.33. The van der Waals surface area contributed by atoms with E-state index < -0.39 is 5.97 Å². The van der Waals surface area contributed by atoms with Crippen molar-refractivity contribution < 1.29 is 24.1 Å². The molecule has 0 bridgehead atoms. The minimum atomic E-state index is -1.07. The fraction of sp³-hybridized carbons (Fsp3) is 0.417. The Hall–Kier alpha value is -1.46. The fourth-order valence-corrected chi connectivity index (χ4v) is 1.60. The second-order valence-corrected chi connectivity index (χ2v) is 3.75. The number of methoxy groups -OCH3 is 1. The van der Waals surface area contributed by atoms with Crippen molar-refractivity contribution >= 4 is 17.6 Å². The zero-order chi connectivity index (χ0) is 13.5. The minimum Gasteiger partial charge on any atom is -0.493 e. The molecule has 0 unspecified atom stereocenters. The first-order valence-electron chi connectivity index (χ1n) is 5.41. The van der Waals surface area contributed by atoms with Crippen molar-refractivity contribution in [3.8, 4) is 11.5 Å². The van der Waals surface area contributed by atoms with Gasteiger partial charge in [-0.3, -0.25) is 0 Å². The predicted molar refractivity (Wildman–Crippen MR) is 67.0 cm³/mol. The van der Waals surface area contributed by atoms with Gasteiger partial charge in [-0.1, -0.05) is 11.6 Å². The number of rotatable bonds is 7. The normalized spacial score (nSPS) is 10.2. The molecular formula is C12H15ClO5. The van der Waals surface area contributed by atoms with Crippen molar-refractivity contribution in [2.75, 3.05) is 26.9 Å². The maximum atomic E-state index is 10.9. The smallest absolute Gasteiger partial charge is 0.335 e. The number of halogens is 1. The lowest BCUT2D eigenvalue weighted by atomic mass is 10.2. The third kappa shape index (κ3) is 3.78. The number of hydrogen-bond donors (Lipinski definition) is 1. The zero-order valence-electron chi connectivity index (χ0n) is 10.2. The van der Waals surface area contributed by atoms with E-state index in [1.807, 2.05) is 6.92 Å². The molecule has 0 radical (unpaired) electrons. The molecule has 0 fully saturated rings. The highest BCUT2D eigenvalue weighted by atomic mass is 35.5. The van der Waals surface area contributed by atoms with Gasteiger partial charge in [0.25, 0.3) is 0 Å². The molecule has 100 valence electrons. The largest absolute Gasteiger partial charge is 0.493 e. The van der Waals surface area contributed by atoms with Crippen LogP contribution < -0.4 is 9.47 Å². The summed E-state index contributed by atoms with van der Waals surface area (Å²) in [4.78, 5) is 10.9. The van der Waals surface area contributed by atoms with E-state index in [9.17, 15) is 4.79 Å². The van der Waals surface area contributed by atoms with Crippen LogP contribution in [0.1, 0.15) is 17.3 Å². The van der Waals surface area contributed by atoms with Crippen LogP contribution in [0.2, 0.25) is 5.02 Å². The van der Waals surface area contributed by atoms with E-state index in [-0.39, 0.29) is 16.3 Å². The van der Waals surface area contributed by atoms with Gasteiger partial charge in [0.15, 0.2) is 11.5 Å². The molecule has 0 amide bonds. The summed E-state index contributed by atoms with van der Waals surface area (Å²) >= 11 is 5.96. The molecule has 0 atom stereocenters. The summed E-state index contributed by atoms with van der Waals surface area (Å²) in [6.07, 6.45) is 0. The molecule has 0 saturated heterocycles. The van der Waals surface area contributed by atoms with Gasteiger partial charge in [-0.25, -0.2) is 4.79 Å². The highest BCUT2D eigenvalue weighted by Gasteiger charge is 2.15. The van der Waals surface area contributed by atoms with E-state index in [0.717, 1.165) is 0 Å². The van der Waals surface area contributed by atoms with Crippen LogP contribution in [-0.4, -0.2) is 38.0 Å². The lowest BCUT2D eigenvalue weighted by Gasteiger charge is -2.13. The maximum absolute atomic E-state index is 10.9. The number of carboxylic acid groups (broad SMARTS) is 1. The molecular weight excluding hydrogens is 260 g/mol. The van der Waals surface area contributed by atoms with Gasteiger partial charge in [-0.2, -0.15) is 0 Å². The number of hydrogen-bond acceptors (Lipinski definition) is 4. The molecule has 6 heteroatoms. The van der Waals surface area contributed by atoms with Crippen molar-refractivity contribution in [3.63, 3.8) is 0 Å². The summed E-state index contributed by atoms with van der Waals surface area (Å²) in [7, 11) is 1.42. The highest BCUT2D eigenvalue weighted by Crippen LogP contribution is 2.36. The molecule has 0 aliphatic rings. The number of aromatic carboxylic acids is 1. The Morgan fingerprint density at radius 3 is 2.67 bits per heavy atom. The summed E-state index contributed by atoms with van der Waals surface area (Å²) in [5, 5.41) is 9.09. The minimum absolute atomic E-state index is 0.0500. The Kier molecular flexibility index (Phi) is 5.74. The average Bonchev–Trinajstić information content (AvgIpc) is 2.35. The molecule has 1 rings (SSSR count). The van der Waals surface area contributed by atoms with Crippen LogP contribution in [0.15, 0.2) is 12.1 Å². The van der Waals surface area contributed by atoms with E-state index in [1.54, 1.807) is 0 Å². The monoisotopic (exact) mass is 274 g/mol. The second kappa shape index (κ2) is 7.08. The van der Waals surface area contributed by atoms with Crippen molar-refractivity contribution in [1.82, 2.24) is 0 Å². The first kappa shape index (κ1) is 14.6. The van der Waals surface area contributed by atoms with E-state index in [0.29, 0.717) is 25.6 Å². The molecule has 18 heavy (non-hydrogen) atoms. The first-order chi connectivity index (χ1) is 8.60. The van der Waals surface area contributed by atoms with E-state index in [2.05, 4.69) is 0 Å². The number of benzene rings is 1. The predicted octanol–water partition coefficient (Wildman–Crippen LogP) is 2.46. The van der Waals surface area contributed by atoms with E-state index in [4.69, 9.17) is 30.9 Å².